The molecule has 0 aliphatic rings. The molecule has 0 bridgehead atoms. The molecule has 2 N–H and O–H groups in total. The number of nitrogens with zero attached hydrogens (tertiary/aromatic N) is 2. The van der Waals surface area contributed by atoms with E-state index < -0.39 is 0 Å². The van der Waals surface area contributed by atoms with Crippen LogP contribution in [-0.4, -0.2) is 22.9 Å². The van der Waals surface area contributed by atoms with Crippen molar-refractivity contribution in [2.75, 3.05) is 12.4 Å². The van der Waals surface area contributed by atoms with Crippen LogP contribution in [-0.2, 0) is 13.0 Å². The number of carbonyl (C=O) groups excluding carboxylic acids is 1. The van der Waals surface area contributed by atoms with Gasteiger partial charge in [-0.3, -0.25) is 4.79 Å². The predicted octanol–water partition coefficient (Wildman–Crippen LogP) is 2.77. The summed E-state index contributed by atoms with van der Waals surface area (Å²) in [6.07, 6.45) is 1.87. The molecule has 0 aliphatic carbocycles. The molecule has 112 valence electrons. The smallest absolute Gasteiger partial charge is 0.251 e. The van der Waals surface area contributed by atoms with Crippen LogP contribution >= 0.6 is 11.3 Å². The van der Waals surface area contributed by atoms with Crippen molar-refractivity contribution in [1.82, 2.24) is 15.3 Å². The Morgan fingerprint density at radius 3 is 2.81 bits per heavy atom. The fraction of sp³-hybridized carbons (Fsp3) is 0.400. The van der Waals surface area contributed by atoms with Crippen LogP contribution in [0.1, 0.15) is 40.0 Å². The fourth-order valence-corrected chi connectivity index (χ4v) is 2.71. The summed E-state index contributed by atoms with van der Waals surface area (Å²) in [7, 11) is 1.81. The number of carbonyl (C=O) groups is 1. The number of aromatic nitrogens is 2. The molecule has 0 saturated carbocycles. The van der Waals surface area contributed by atoms with Crippen molar-refractivity contribution in [3.05, 3.63) is 39.5 Å². The highest BCUT2D eigenvalue weighted by atomic mass is 32.1. The standard InChI is InChI=1S/C15H20N4OS/c1-4-5-12-6-11(7-14(16-3)19-12)15(20)17-8-13-10(2)18-9-21-13/h6-7,9H,4-5,8H2,1-3H3,(H,16,19)(H,17,20). The third-order valence-electron chi connectivity index (χ3n) is 3.16. The van der Waals surface area contributed by atoms with Gasteiger partial charge in [-0.25, -0.2) is 9.97 Å². The van der Waals surface area contributed by atoms with Crippen LogP contribution in [0.4, 0.5) is 5.82 Å². The van der Waals surface area contributed by atoms with Gasteiger partial charge in [0.2, 0.25) is 0 Å². The molecule has 1 amide bonds. The SMILES string of the molecule is CCCc1cc(C(=O)NCc2scnc2C)cc(NC)n1. The van der Waals surface area contributed by atoms with Gasteiger partial charge in [0, 0.05) is 23.2 Å². The van der Waals surface area contributed by atoms with Crippen molar-refractivity contribution in [3.8, 4) is 0 Å². The minimum absolute atomic E-state index is 0.0842. The molecule has 5 nitrogen and oxygen atoms in total. The highest BCUT2D eigenvalue weighted by Crippen LogP contribution is 2.14. The van der Waals surface area contributed by atoms with E-state index in [0.29, 0.717) is 12.1 Å². The van der Waals surface area contributed by atoms with Crippen LogP contribution in [0.5, 0.6) is 0 Å². The zero-order chi connectivity index (χ0) is 15.2. The van der Waals surface area contributed by atoms with Crippen molar-refractivity contribution < 1.29 is 4.79 Å². The largest absolute Gasteiger partial charge is 0.373 e. The van der Waals surface area contributed by atoms with E-state index in [1.54, 1.807) is 30.0 Å². The lowest BCUT2D eigenvalue weighted by atomic mass is 10.1. The van der Waals surface area contributed by atoms with E-state index in [2.05, 4.69) is 27.5 Å². The topological polar surface area (TPSA) is 66.9 Å². The Hall–Kier alpha value is -1.95. The summed E-state index contributed by atoms with van der Waals surface area (Å²) < 4.78 is 0. The first-order chi connectivity index (χ1) is 10.1. The van der Waals surface area contributed by atoms with Crippen LogP contribution < -0.4 is 10.6 Å². The van der Waals surface area contributed by atoms with Crippen molar-refractivity contribution in [3.63, 3.8) is 0 Å². The first-order valence-electron chi connectivity index (χ1n) is 7.00. The van der Waals surface area contributed by atoms with Crippen molar-refractivity contribution in [2.45, 2.75) is 33.2 Å². The zero-order valence-corrected chi connectivity index (χ0v) is 13.4. The minimum Gasteiger partial charge on any atom is -0.373 e. The van der Waals surface area contributed by atoms with E-state index >= 15 is 0 Å². The second-order valence-corrected chi connectivity index (χ2v) is 5.72. The number of rotatable bonds is 6. The number of hydrogen-bond donors (Lipinski definition) is 2. The van der Waals surface area contributed by atoms with E-state index in [0.717, 1.165) is 34.9 Å². The maximum absolute atomic E-state index is 12.3. The number of aryl methyl sites for hydroxylation is 2. The normalized spacial score (nSPS) is 10.4. The van der Waals surface area contributed by atoms with Gasteiger partial charge in [-0.2, -0.15) is 0 Å². The van der Waals surface area contributed by atoms with Crippen LogP contribution in [0, 0.1) is 6.92 Å². The molecule has 0 atom stereocenters. The van der Waals surface area contributed by atoms with Gasteiger partial charge in [0.15, 0.2) is 0 Å². The Morgan fingerprint density at radius 2 is 2.19 bits per heavy atom. The van der Waals surface area contributed by atoms with Crippen molar-refractivity contribution >= 4 is 23.1 Å². The maximum Gasteiger partial charge on any atom is 0.251 e. The Balaban J connectivity index is 2.10. The number of thiazole rings is 1. The van der Waals surface area contributed by atoms with Gasteiger partial charge in [-0.05, 0) is 25.5 Å². The van der Waals surface area contributed by atoms with E-state index in [1.807, 2.05) is 13.0 Å². The third kappa shape index (κ3) is 4.01. The molecule has 0 aliphatic heterocycles. The van der Waals surface area contributed by atoms with Gasteiger partial charge in [0.25, 0.3) is 5.91 Å². The molecule has 0 unspecified atom stereocenters. The molecular weight excluding hydrogens is 284 g/mol. The molecule has 2 aromatic rings. The average Bonchev–Trinajstić information content (AvgIpc) is 2.90. The number of anilines is 1. The molecule has 0 radical (unpaired) electrons. The van der Waals surface area contributed by atoms with Crippen molar-refractivity contribution in [2.24, 2.45) is 0 Å². The molecule has 2 heterocycles. The molecule has 21 heavy (non-hydrogen) atoms. The summed E-state index contributed by atoms with van der Waals surface area (Å²) >= 11 is 1.56. The summed E-state index contributed by atoms with van der Waals surface area (Å²) in [5.41, 5.74) is 4.34. The van der Waals surface area contributed by atoms with Gasteiger partial charge in [-0.1, -0.05) is 13.3 Å². The monoisotopic (exact) mass is 304 g/mol. The quantitative estimate of drug-likeness (QED) is 0.861. The minimum atomic E-state index is -0.0842. The lowest BCUT2D eigenvalue weighted by molar-refractivity contribution is 0.0951. The molecule has 0 saturated heterocycles. The summed E-state index contributed by atoms with van der Waals surface area (Å²) in [6, 6.07) is 3.63. The number of nitrogens with one attached hydrogen (secondary N) is 2. The molecule has 0 spiro atoms. The Labute approximate surface area is 128 Å². The van der Waals surface area contributed by atoms with Gasteiger partial charge in [0.05, 0.1) is 17.7 Å². The number of pyridine rings is 1. The van der Waals surface area contributed by atoms with Crippen LogP contribution in [0.3, 0.4) is 0 Å². The van der Waals surface area contributed by atoms with Gasteiger partial charge >= 0.3 is 0 Å². The molecule has 2 aromatic heterocycles. The lowest BCUT2D eigenvalue weighted by Crippen LogP contribution is -2.23. The number of hydrogen-bond acceptors (Lipinski definition) is 5. The predicted molar refractivity (Wildman–Crippen MR) is 85.8 cm³/mol. The molecule has 6 heteroatoms. The third-order valence-corrected chi connectivity index (χ3v) is 4.09. The molecule has 2 rings (SSSR count). The van der Waals surface area contributed by atoms with E-state index in [1.165, 1.54) is 0 Å². The second kappa shape index (κ2) is 7.17. The first kappa shape index (κ1) is 15.4. The van der Waals surface area contributed by atoms with E-state index in [9.17, 15) is 4.79 Å². The summed E-state index contributed by atoms with van der Waals surface area (Å²) in [5, 5.41) is 5.94. The van der Waals surface area contributed by atoms with Gasteiger partial charge in [0.1, 0.15) is 5.82 Å². The van der Waals surface area contributed by atoms with Crippen LogP contribution in [0.2, 0.25) is 0 Å². The van der Waals surface area contributed by atoms with Gasteiger partial charge in [-0.15, -0.1) is 11.3 Å². The first-order valence-corrected chi connectivity index (χ1v) is 7.88. The summed E-state index contributed by atoms with van der Waals surface area (Å²) in [5.74, 6) is 0.638. The lowest BCUT2D eigenvalue weighted by Gasteiger charge is -2.09. The summed E-state index contributed by atoms with van der Waals surface area (Å²) in [6.45, 7) is 4.55. The van der Waals surface area contributed by atoms with Crippen LogP contribution in [0.25, 0.3) is 0 Å². The molecule has 0 fully saturated rings. The molecule has 0 aromatic carbocycles. The van der Waals surface area contributed by atoms with Gasteiger partial charge < -0.3 is 10.6 Å². The molecular formula is C15H20N4OS. The van der Waals surface area contributed by atoms with E-state index in [4.69, 9.17) is 0 Å². The second-order valence-electron chi connectivity index (χ2n) is 4.78. The summed E-state index contributed by atoms with van der Waals surface area (Å²) in [4.78, 5) is 22.0. The average molecular weight is 304 g/mol. The zero-order valence-electron chi connectivity index (χ0n) is 12.6. The van der Waals surface area contributed by atoms with Crippen molar-refractivity contribution in [1.29, 1.82) is 0 Å². The Kier molecular flexibility index (Phi) is 5.27. The number of amides is 1. The Morgan fingerprint density at radius 1 is 1.38 bits per heavy atom. The van der Waals surface area contributed by atoms with Crippen LogP contribution in [0.15, 0.2) is 17.6 Å². The maximum atomic E-state index is 12.3. The highest BCUT2D eigenvalue weighted by molar-refractivity contribution is 7.09. The Bertz CT molecular complexity index is 624. The van der Waals surface area contributed by atoms with E-state index in [-0.39, 0.29) is 5.91 Å². The fourth-order valence-electron chi connectivity index (χ4n) is 1.99. The highest BCUT2D eigenvalue weighted by Gasteiger charge is 2.10.